The van der Waals surface area contributed by atoms with Crippen LogP contribution in [0.3, 0.4) is 0 Å². The van der Waals surface area contributed by atoms with Crippen molar-refractivity contribution in [3.05, 3.63) is 34.6 Å². The zero-order valence-electron chi connectivity index (χ0n) is 14.5. The summed E-state index contributed by atoms with van der Waals surface area (Å²) in [5, 5.41) is 9.38. The first-order valence-corrected chi connectivity index (χ1v) is 8.22. The van der Waals surface area contributed by atoms with Crippen LogP contribution < -0.4 is 15.4 Å². The average Bonchev–Trinajstić information content (AvgIpc) is 2.98. The van der Waals surface area contributed by atoms with Gasteiger partial charge in [0.1, 0.15) is 11.6 Å². The monoisotopic (exact) mass is 340 g/mol. The van der Waals surface area contributed by atoms with Crippen molar-refractivity contribution in [3.63, 3.8) is 0 Å². The van der Waals surface area contributed by atoms with Crippen molar-refractivity contribution < 1.29 is 0 Å². The lowest BCUT2D eigenvalue weighted by Crippen LogP contribution is -2.47. The molecule has 130 valence electrons. The lowest BCUT2D eigenvalue weighted by Gasteiger charge is -2.36. The van der Waals surface area contributed by atoms with Gasteiger partial charge in [0, 0.05) is 46.3 Å². The number of fused-ring (bicyclic) bond motifs is 1. The number of hydrogen-bond acceptors (Lipinski definition) is 7. The summed E-state index contributed by atoms with van der Waals surface area (Å²) in [6, 6.07) is 1.64. The van der Waals surface area contributed by atoms with Crippen molar-refractivity contribution >= 4 is 22.5 Å². The summed E-state index contributed by atoms with van der Waals surface area (Å²) in [7, 11) is 3.54. The van der Waals surface area contributed by atoms with E-state index in [2.05, 4.69) is 30.0 Å². The van der Waals surface area contributed by atoms with Gasteiger partial charge < -0.3 is 9.80 Å². The molecule has 0 spiro atoms. The summed E-state index contributed by atoms with van der Waals surface area (Å²) in [6.07, 6.45) is 3.56. The average molecular weight is 340 g/mol. The molecule has 9 nitrogen and oxygen atoms in total. The Morgan fingerprint density at radius 1 is 0.920 bits per heavy atom. The van der Waals surface area contributed by atoms with Crippen molar-refractivity contribution in [1.82, 2.24) is 29.5 Å². The Morgan fingerprint density at radius 3 is 2.32 bits per heavy atom. The molecule has 4 heterocycles. The van der Waals surface area contributed by atoms with E-state index >= 15 is 0 Å². The van der Waals surface area contributed by atoms with Crippen molar-refractivity contribution in [2.75, 3.05) is 36.0 Å². The van der Waals surface area contributed by atoms with Gasteiger partial charge in [0.05, 0.1) is 23.5 Å². The number of rotatable bonds is 2. The van der Waals surface area contributed by atoms with Crippen LogP contribution in [0.4, 0.5) is 11.5 Å². The van der Waals surface area contributed by atoms with Crippen molar-refractivity contribution in [3.8, 4) is 0 Å². The van der Waals surface area contributed by atoms with E-state index in [9.17, 15) is 4.79 Å². The molecule has 1 aliphatic heterocycles. The van der Waals surface area contributed by atoms with Gasteiger partial charge in [-0.2, -0.15) is 10.2 Å². The summed E-state index contributed by atoms with van der Waals surface area (Å²) in [5.74, 6) is 1.67. The molecule has 1 saturated heterocycles. The quantitative estimate of drug-likeness (QED) is 0.654. The van der Waals surface area contributed by atoms with Gasteiger partial charge in [0.15, 0.2) is 5.65 Å². The highest BCUT2D eigenvalue weighted by molar-refractivity contribution is 5.87. The predicted octanol–water partition coefficient (Wildman–Crippen LogP) is 0.0920. The second kappa shape index (κ2) is 5.83. The van der Waals surface area contributed by atoms with Crippen molar-refractivity contribution in [2.24, 2.45) is 14.1 Å². The van der Waals surface area contributed by atoms with E-state index in [0.29, 0.717) is 0 Å². The van der Waals surface area contributed by atoms with Gasteiger partial charge in [-0.1, -0.05) is 0 Å². The van der Waals surface area contributed by atoms with Gasteiger partial charge in [-0.05, 0) is 6.92 Å². The normalized spacial score (nSPS) is 15.2. The highest BCUT2D eigenvalue weighted by Crippen LogP contribution is 2.25. The molecular weight excluding hydrogens is 320 g/mol. The summed E-state index contributed by atoms with van der Waals surface area (Å²) in [6.45, 7) is 5.14. The fraction of sp³-hybridized carbons (Fsp3) is 0.438. The summed E-state index contributed by atoms with van der Waals surface area (Å²) < 4.78 is 3.11. The zero-order valence-corrected chi connectivity index (χ0v) is 14.5. The molecule has 9 heteroatoms. The van der Waals surface area contributed by atoms with E-state index in [1.807, 2.05) is 20.2 Å². The first kappa shape index (κ1) is 15.6. The number of nitrogens with zero attached hydrogens (tertiary/aromatic N) is 8. The first-order valence-electron chi connectivity index (χ1n) is 8.22. The van der Waals surface area contributed by atoms with Gasteiger partial charge in [-0.3, -0.25) is 9.48 Å². The number of hydrogen-bond donors (Lipinski definition) is 0. The van der Waals surface area contributed by atoms with Gasteiger partial charge >= 0.3 is 0 Å². The Balaban J connectivity index is 1.58. The molecule has 1 fully saturated rings. The van der Waals surface area contributed by atoms with Gasteiger partial charge in [-0.15, -0.1) is 0 Å². The Labute approximate surface area is 144 Å². The molecular formula is C16H20N8O. The molecule has 0 aliphatic carbocycles. The van der Waals surface area contributed by atoms with Crippen LogP contribution in [-0.2, 0) is 14.1 Å². The summed E-state index contributed by atoms with van der Waals surface area (Å²) in [5.41, 5.74) is 1.62. The van der Waals surface area contributed by atoms with Crippen LogP contribution >= 0.6 is 0 Å². The molecule has 25 heavy (non-hydrogen) atoms. The van der Waals surface area contributed by atoms with Crippen molar-refractivity contribution in [2.45, 2.75) is 6.92 Å². The lowest BCUT2D eigenvalue weighted by molar-refractivity contribution is 0.638. The minimum atomic E-state index is -0.0941. The third-order valence-corrected chi connectivity index (χ3v) is 4.58. The highest BCUT2D eigenvalue weighted by atomic mass is 16.1. The molecule has 0 N–H and O–H groups in total. The molecule has 0 amide bonds. The van der Waals surface area contributed by atoms with Crippen LogP contribution in [0.15, 0.2) is 23.3 Å². The third-order valence-electron chi connectivity index (χ3n) is 4.58. The Hall–Kier alpha value is -2.97. The SMILES string of the molecule is Cc1nc(N2CCN(c3cnn(C)c(=O)c3)CC2)c2cnn(C)c2n1. The van der Waals surface area contributed by atoms with Gasteiger partial charge in [-0.25, -0.2) is 14.6 Å². The summed E-state index contributed by atoms with van der Waals surface area (Å²) >= 11 is 0. The molecule has 3 aromatic heterocycles. The molecule has 0 unspecified atom stereocenters. The predicted molar refractivity (Wildman–Crippen MR) is 94.9 cm³/mol. The van der Waals surface area contributed by atoms with Crippen molar-refractivity contribution in [1.29, 1.82) is 0 Å². The largest absolute Gasteiger partial charge is 0.367 e. The zero-order chi connectivity index (χ0) is 17.6. The number of piperazine rings is 1. The molecule has 3 aromatic rings. The smallest absolute Gasteiger partial charge is 0.268 e. The number of anilines is 2. The molecule has 0 atom stereocenters. The van der Waals surface area contributed by atoms with Crippen LogP contribution in [0.5, 0.6) is 0 Å². The van der Waals surface area contributed by atoms with Crippen LogP contribution in [0.2, 0.25) is 0 Å². The topological polar surface area (TPSA) is 85.0 Å². The lowest BCUT2D eigenvalue weighted by atomic mass is 10.2. The van der Waals surface area contributed by atoms with Crippen LogP contribution in [0.1, 0.15) is 5.82 Å². The fourth-order valence-corrected chi connectivity index (χ4v) is 3.16. The van der Waals surface area contributed by atoms with Crippen LogP contribution in [0.25, 0.3) is 11.0 Å². The van der Waals surface area contributed by atoms with E-state index < -0.39 is 0 Å². The van der Waals surface area contributed by atoms with E-state index in [-0.39, 0.29) is 5.56 Å². The molecule has 0 radical (unpaired) electrons. The minimum Gasteiger partial charge on any atom is -0.367 e. The van der Waals surface area contributed by atoms with Crippen LogP contribution in [-0.4, -0.2) is 55.7 Å². The first-order chi connectivity index (χ1) is 12.0. The van der Waals surface area contributed by atoms with E-state index in [1.54, 1.807) is 24.0 Å². The minimum absolute atomic E-state index is 0.0941. The van der Waals surface area contributed by atoms with Gasteiger partial charge in [0.2, 0.25) is 0 Å². The molecule has 1 aliphatic rings. The third kappa shape index (κ3) is 2.71. The van der Waals surface area contributed by atoms with Crippen LogP contribution in [0, 0.1) is 6.92 Å². The number of aromatic nitrogens is 6. The Morgan fingerprint density at radius 2 is 1.60 bits per heavy atom. The van der Waals surface area contributed by atoms with E-state index in [0.717, 1.165) is 54.5 Å². The molecule has 0 bridgehead atoms. The van der Waals surface area contributed by atoms with E-state index in [4.69, 9.17) is 0 Å². The number of aryl methyl sites for hydroxylation is 3. The van der Waals surface area contributed by atoms with E-state index in [1.165, 1.54) is 4.68 Å². The molecule has 0 saturated carbocycles. The standard InChI is InChI=1S/C16H20N8O/c1-11-19-15-13(10-18-22(15)3)16(20-11)24-6-4-23(5-7-24)12-8-14(25)21(2)17-9-12/h8-10H,4-7H2,1-3H3. The van der Waals surface area contributed by atoms with Gasteiger partial charge in [0.25, 0.3) is 5.56 Å². The maximum Gasteiger partial charge on any atom is 0.268 e. The second-order valence-electron chi connectivity index (χ2n) is 6.25. The molecule has 0 aromatic carbocycles. The highest BCUT2D eigenvalue weighted by Gasteiger charge is 2.22. The maximum atomic E-state index is 11.8. The Bertz CT molecular complexity index is 983. The Kier molecular flexibility index (Phi) is 3.63. The molecule has 4 rings (SSSR count). The maximum absolute atomic E-state index is 11.8. The fourth-order valence-electron chi connectivity index (χ4n) is 3.16. The second-order valence-corrected chi connectivity index (χ2v) is 6.25. The summed E-state index contributed by atoms with van der Waals surface area (Å²) in [4.78, 5) is 25.3.